The molecule has 0 bridgehead atoms. The van der Waals surface area contributed by atoms with Gasteiger partial charge in [0, 0.05) is 17.2 Å². The molecule has 0 saturated heterocycles. The molecule has 0 aliphatic heterocycles. The largest absolute Gasteiger partial charge is 0.475 e. The Bertz CT molecular complexity index is 421. The van der Waals surface area contributed by atoms with Crippen molar-refractivity contribution in [3.8, 4) is 0 Å². The van der Waals surface area contributed by atoms with Gasteiger partial charge in [0.05, 0.1) is 5.69 Å². The van der Waals surface area contributed by atoms with Crippen molar-refractivity contribution in [2.75, 3.05) is 6.54 Å². The molecule has 0 saturated carbocycles. The standard InChI is InChI=1S/C11H14BrN3O2/c12-8-4-3-7-14-9(8)5-1-2-6-15-10(13)11(16)17/h3-4,7H,1-2,5-6H2,(H2,13,15)(H,16,17). The van der Waals surface area contributed by atoms with Crippen molar-refractivity contribution in [3.05, 3.63) is 28.5 Å². The molecule has 0 radical (unpaired) electrons. The summed E-state index contributed by atoms with van der Waals surface area (Å²) in [6.45, 7) is 0.433. The second-order valence-corrected chi connectivity index (χ2v) is 4.32. The lowest BCUT2D eigenvalue weighted by atomic mass is 10.2. The fraction of sp³-hybridized carbons (Fsp3) is 0.364. The Hall–Kier alpha value is -1.43. The topological polar surface area (TPSA) is 88.6 Å². The maximum absolute atomic E-state index is 10.4. The highest BCUT2D eigenvalue weighted by molar-refractivity contribution is 9.10. The summed E-state index contributed by atoms with van der Waals surface area (Å²) in [5.41, 5.74) is 6.17. The van der Waals surface area contributed by atoms with E-state index < -0.39 is 5.97 Å². The molecule has 0 atom stereocenters. The fourth-order valence-corrected chi connectivity index (χ4v) is 1.73. The lowest BCUT2D eigenvalue weighted by Crippen LogP contribution is -2.23. The number of amidine groups is 1. The number of carboxylic acids is 1. The van der Waals surface area contributed by atoms with Crippen LogP contribution in [0.5, 0.6) is 0 Å². The van der Waals surface area contributed by atoms with Crippen molar-refractivity contribution in [2.24, 2.45) is 10.7 Å². The molecule has 1 aromatic heterocycles. The van der Waals surface area contributed by atoms with E-state index in [0.717, 1.165) is 29.4 Å². The first-order valence-electron chi connectivity index (χ1n) is 5.24. The predicted octanol–water partition coefficient (Wildman–Crippen LogP) is 1.61. The molecule has 1 heterocycles. The molecule has 0 aliphatic rings. The SMILES string of the molecule is NC(=NCCCCc1ncccc1Br)C(=O)O. The number of carboxylic acid groups (broad SMARTS) is 1. The van der Waals surface area contributed by atoms with E-state index in [1.54, 1.807) is 6.20 Å². The van der Waals surface area contributed by atoms with Crippen LogP contribution in [-0.4, -0.2) is 28.4 Å². The average Bonchev–Trinajstić information content (AvgIpc) is 2.30. The van der Waals surface area contributed by atoms with Crippen molar-refractivity contribution in [2.45, 2.75) is 19.3 Å². The van der Waals surface area contributed by atoms with Crippen LogP contribution >= 0.6 is 15.9 Å². The summed E-state index contributed by atoms with van der Waals surface area (Å²) >= 11 is 3.42. The van der Waals surface area contributed by atoms with Crippen LogP contribution in [0.1, 0.15) is 18.5 Å². The van der Waals surface area contributed by atoms with Crippen LogP contribution in [0.3, 0.4) is 0 Å². The number of unbranched alkanes of at least 4 members (excludes halogenated alkanes) is 1. The number of carbonyl (C=O) groups is 1. The lowest BCUT2D eigenvalue weighted by Gasteiger charge is -2.01. The maximum atomic E-state index is 10.4. The van der Waals surface area contributed by atoms with Crippen molar-refractivity contribution >= 4 is 27.7 Å². The van der Waals surface area contributed by atoms with Crippen LogP contribution < -0.4 is 5.73 Å². The van der Waals surface area contributed by atoms with Crippen LogP contribution in [0, 0.1) is 0 Å². The molecule has 92 valence electrons. The van der Waals surface area contributed by atoms with Crippen molar-refractivity contribution in [3.63, 3.8) is 0 Å². The first kappa shape index (κ1) is 13.6. The third kappa shape index (κ3) is 4.95. The molecular weight excluding hydrogens is 286 g/mol. The van der Waals surface area contributed by atoms with Gasteiger partial charge in [-0.15, -0.1) is 0 Å². The summed E-state index contributed by atoms with van der Waals surface area (Å²) in [6.07, 6.45) is 4.27. The van der Waals surface area contributed by atoms with Gasteiger partial charge in [-0.1, -0.05) is 0 Å². The Morgan fingerprint density at radius 2 is 2.29 bits per heavy atom. The normalized spacial score (nSPS) is 11.5. The Kier molecular flexibility index (Phi) is 5.62. The number of aromatic nitrogens is 1. The number of nitrogens with two attached hydrogens (primary N) is 1. The van der Waals surface area contributed by atoms with Gasteiger partial charge in [0.15, 0.2) is 0 Å². The molecule has 1 aromatic rings. The number of aliphatic imine (C=N–C) groups is 1. The van der Waals surface area contributed by atoms with Gasteiger partial charge in [0.1, 0.15) is 0 Å². The number of aryl methyl sites for hydroxylation is 1. The lowest BCUT2D eigenvalue weighted by molar-refractivity contribution is -0.129. The number of hydrogen-bond acceptors (Lipinski definition) is 3. The van der Waals surface area contributed by atoms with Crippen LogP contribution in [0.25, 0.3) is 0 Å². The number of nitrogens with zero attached hydrogens (tertiary/aromatic N) is 2. The van der Waals surface area contributed by atoms with E-state index in [1.807, 2.05) is 12.1 Å². The number of rotatable bonds is 5. The maximum Gasteiger partial charge on any atom is 0.370 e. The summed E-state index contributed by atoms with van der Waals surface area (Å²) < 4.78 is 0.994. The third-order valence-corrected chi connectivity index (χ3v) is 2.88. The van der Waals surface area contributed by atoms with Gasteiger partial charge >= 0.3 is 5.97 Å². The summed E-state index contributed by atoms with van der Waals surface area (Å²) in [5, 5.41) is 8.48. The number of aliphatic carboxylic acids is 1. The quantitative estimate of drug-likeness (QED) is 0.491. The highest BCUT2D eigenvalue weighted by Crippen LogP contribution is 2.15. The van der Waals surface area contributed by atoms with Gasteiger partial charge in [0.2, 0.25) is 5.84 Å². The Morgan fingerprint density at radius 1 is 1.53 bits per heavy atom. The molecule has 17 heavy (non-hydrogen) atoms. The molecule has 0 unspecified atom stereocenters. The summed E-state index contributed by atoms with van der Waals surface area (Å²) in [7, 11) is 0. The first-order chi connectivity index (χ1) is 8.11. The molecule has 1 rings (SSSR count). The van der Waals surface area contributed by atoms with E-state index in [2.05, 4.69) is 25.9 Å². The van der Waals surface area contributed by atoms with Crippen LogP contribution in [0.2, 0.25) is 0 Å². The van der Waals surface area contributed by atoms with Gasteiger partial charge in [-0.2, -0.15) is 0 Å². The second-order valence-electron chi connectivity index (χ2n) is 3.46. The van der Waals surface area contributed by atoms with Crippen LogP contribution in [-0.2, 0) is 11.2 Å². The minimum absolute atomic E-state index is 0.330. The molecule has 0 aliphatic carbocycles. The molecule has 0 spiro atoms. The molecule has 0 fully saturated rings. The first-order valence-corrected chi connectivity index (χ1v) is 6.03. The molecule has 6 heteroatoms. The van der Waals surface area contributed by atoms with E-state index in [9.17, 15) is 4.79 Å². The van der Waals surface area contributed by atoms with Crippen molar-refractivity contribution in [1.29, 1.82) is 0 Å². The highest BCUT2D eigenvalue weighted by Gasteiger charge is 2.02. The Balaban J connectivity index is 2.28. The number of halogens is 1. The van der Waals surface area contributed by atoms with Crippen molar-refractivity contribution < 1.29 is 9.90 Å². The zero-order valence-corrected chi connectivity index (χ0v) is 10.9. The Labute approximate surface area is 108 Å². The molecular formula is C11H14BrN3O2. The molecule has 3 N–H and O–H groups in total. The van der Waals surface area contributed by atoms with Gasteiger partial charge in [-0.05, 0) is 47.3 Å². The zero-order valence-electron chi connectivity index (χ0n) is 9.27. The summed E-state index contributed by atoms with van der Waals surface area (Å²) in [4.78, 5) is 18.3. The van der Waals surface area contributed by atoms with Gasteiger partial charge in [-0.25, -0.2) is 4.79 Å². The van der Waals surface area contributed by atoms with Crippen LogP contribution in [0.4, 0.5) is 0 Å². The van der Waals surface area contributed by atoms with Gasteiger partial charge in [-0.3, -0.25) is 9.98 Å². The average molecular weight is 300 g/mol. The van der Waals surface area contributed by atoms with Gasteiger partial charge in [0.25, 0.3) is 0 Å². The summed E-state index contributed by atoms with van der Waals surface area (Å²) in [6, 6.07) is 3.81. The van der Waals surface area contributed by atoms with E-state index in [-0.39, 0.29) is 5.84 Å². The fourth-order valence-electron chi connectivity index (χ4n) is 1.27. The smallest absolute Gasteiger partial charge is 0.370 e. The monoisotopic (exact) mass is 299 g/mol. The van der Waals surface area contributed by atoms with E-state index in [0.29, 0.717) is 6.54 Å². The van der Waals surface area contributed by atoms with E-state index in [4.69, 9.17) is 10.8 Å². The van der Waals surface area contributed by atoms with E-state index >= 15 is 0 Å². The molecule has 0 aromatic carbocycles. The second kappa shape index (κ2) is 7.01. The van der Waals surface area contributed by atoms with Crippen molar-refractivity contribution in [1.82, 2.24) is 4.98 Å². The molecule has 0 amide bonds. The molecule has 5 nitrogen and oxygen atoms in total. The predicted molar refractivity (Wildman–Crippen MR) is 69.0 cm³/mol. The Morgan fingerprint density at radius 3 is 2.94 bits per heavy atom. The van der Waals surface area contributed by atoms with E-state index in [1.165, 1.54) is 0 Å². The zero-order chi connectivity index (χ0) is 12.7. The van der Waals surface area contributed by atoms with Gasteiger partial charge < -0.3 is 10.8 Å². The number of hydrogen-bond donors (Lipinski definition) is 2. The van der Waals surface area contributed by atoms with Crippen LogP contribution in [0.15, 0.2) is 27.8 Å². The summed E-state index contributed by atoms with van der Waals surface area (Å²) in [5.74, 6) is -1.50. The number of pyridine rings is 1. The minimum Gasteiger partial charge on any atom is -0.475 e. The minimum atomic E-state index is -1.17. The highest BCUT2D eigenvalue weighted by atomic mass is 79.9. The third-order valence-electron chi connectivity index (χ3n) is 2.16.